The zero-order valence-corrected chi connectivity index (χ0v) is 15.2. The number of nitrogens with zero attached hydrogens (tertiary/aromatic N) is 1. The van der Waals surface area contributed by atoms with Gasteiger partial charge in [0.25, 0.3) is 5.91 Å². The summed E-state index contributed by atoms with van der Waals surface area (Å²) in [6.45, 7) is 0. The van der Waals surface area contributed by atoms with Crippen LogP contribution >= 0.6 is 34.3 Å². The zero-order valence-electron chi connectivity index (χ0n) is 12.8. The van der Waals surface area contributed by atoms with E-state index in [1.807, 2.05) is 17.5 Å². The largest absolute Gasteiger partial charge is 0.497 e. The SMILES string of the molecule is COc1ccc(-c2csc(NC(=O)c3sccc3Cl)n2)c(OC)c1. The molecule has 0 unspecified atom stereocenters. The van der Waals surface area contributed by atoms with Crippen molar-refractivity contribution in [3.8, 4) is 22.8 Å². The molecule has 2 aromatic heterocycles. The maximum absolute atomic E-state index is 12.2. The second kappa shape index (κ2) is 7.21. The summed E-state index contributed by atoms with van der Waals surface area (Å²) in [5.74, 6) is 1.09. The number of carbonyl (C=O) groups excluding carboxylic acids is 1. The van der Waals surface area contributed by atoms with Crippen LogP contribution in [0.15, 0.2) is 35.0 Å². The summed E-state index contributed by atoms with van der Waals surface area (Å²) in [6, 6.07) is 7.18. The molecule has 0 atom stereocenters. The van der Waals surface area contributed by atoms with E-state index in [9.17, 15) is 4.79 Å². The number of nitrogens with one attached hydrogen (secondary N) is 1. The van der Waals surface area contributed by atoms with Crippen molar-refractivity contribution in [2.45, 2.75) is 0 Å². The highest BCUT2D eigenvalue weighted by Crippen LogP contribution is 2.35. The van der Waals surface area contributed by atoms with Gasteiger partial charge in [0, 0.05) is 17.0 Å². The lowest BCUT2D eigenvalue weighted by Crippen LogP contribution is -2.10. The third-order valence-electron chi connectivity index (χ3n) is 3.23. The van der Waals surface area contributed by atoms with Crippen LogP contribution in [0.4, 0.5) is 5.13 Å². The highest BCUT2D eigenvalue weighted by molar-refractivity contribution is 7.15. The fourth-order valence-electron chi connectivity index (χ4n) is 2.07. The number of thiazole rings is 1. The Morgan fingerprint density at radius 1 is 1.21 bits per heavy atom. The van der Waals surface area contributed by atoms with Crippen LogP contribution in [-0.4, -0.2) is 25.1 Å². The Bertz CT molecular complexity index is 876. The number of anilines is 1. The number of ether oxygens (including phenoxy) is 2. The summed E-state index contributed by atoms with van der Waals surface area (Å²) in [6.07, 6.45) is 0. The summed E-state index contributed by atoms with van der Waals surface area (Å²) in [5, 5.41) is 7.33. The predicted octanol–water partition coefficient (Wildman–Crippen LogP) is 4.79. The standard InChI is InChI=1S/C16H13ClN2O3S2/c1-21-9-3-4-10(13(7-9)22-2)12-8-24-16(18-12)19-15(20)14-11(17)5-6-23-14/h3-8H,1-2H3,(H,18,19,20). The van der Waals surface area contributed by atoms with Crippen LogP contribution in [0.25, 0.3) is 11.3 Å². The average Bonchev–Trinajstić information content (AvgIpc) is 3.23. The van der Waals surface area contributed by atoms with Gasteiger partial charge >= 0.3 is 0 Å². The van der Waals surface area contributed by atoms with E-state index in [-0.39, 0.29) is 5.91 Å². The van der Waals surface area contributed by atoms with Gasteiger partial charge in [0.05, 0.1) is 24.9 Å². The lowest BCUT2D eigenvalue weighted by Gasteiger charge is -2.08. The Kier molecular flexibility index (Phi) is 5.03. The van der Waals surface area contributed by atoms with Crippen LogP contribution in [0.1, 0.15) is 9.67 Å². The van der Waals surface area contributed by atoms with Crippen LogP contribution in [0.2, 0.25) is 5.02 Å². The van der Waals surface area contributed by atoms with Gasteiger partial charge in [-0.15, -0.1) is 22.7 Å². The molecular formula is C16H13ClN2O3S2. The number of aromatic nitrogens is 1. The second-order valence-corrected chi connectivity index (χ2v) is 6.84. The molecule has 0 saturated carbocycles. The molecule has 0 bridgehead atoms. The molecule has 0 saturated heterocycles. The molecule has 3 aromatic rings. The number of rotatable bonds is 5. The number of hydrogen-bond donors (Lipinski definition) is 1. The smallest absolute Gasteiger partial charge is 0.269 e. The van der Waals surface area contributed by atoms with E-state index < -0.39 is 0 Å². The molecule has 3 rings (SSSR count). The summed E-state index contributed by atoms with van der Waals surface area (Å²) in [5.41, 5.74) is 1.54. The van der Waals surface area contributed by atoms with Crippen molar-refractivity contribution in [3.63, 3.8) is 0 Å². The molecular weight excluding hydrogens is 368 g/mol. The first-order valence-corrected chi connectivity index (χ1v) is 8.98. The van der Waals surface area contributed by atoms with E-state index in [1.54, 1.807) is 31.7 Å². The number of thiophene rings is 1. The molecule has 5 nitrogen and oxygen atoms in total. The van der Waals surface area contributed by atoms with E-state index >= 15 is 0 Å². The predicted molar refractivity (Wildman–Crippen MR) is 97.9 cm³/mol. The summed E-state index contributed by atoms with van der Waals surface area (Å²) in [7, 11) is 3.19. The van der Waals surface area contributed by atoms with Crippen molar-refractivity contribution in [1.29, 1.82) is 0 Å². The van der Waals surface area contributed by atoms with E-state index in [2.05, 4.69) is 10.3 Å². The maximum Gasteiger partial charge on any atom is 0.269 e. The molecule has 124 valence electrons. The Balaban J connectivity index is 1.83. The maximum atomic E-state index is 12.2. The first-order valence-electron chi connectivity index (χ1n) is 6.84. The summed E-state index contributed by atoms with van der Waals surface area (Å²) >= 11 is 8.60. The first-order chi connectivity index (χ1) is 11.6. The molecule has 1 amide bonds. The zero-order chi connectivity index (χ0) is 17.1. The molecule has 8 heteroatoms. The van der Waals surface area contributed by atoms with Crippen molar-refractivity contribution in [2.75, 3.05) is 19.5 Å². The number of benzene rings is 1. The topological polar surface area (TPSA) is 60.5 Å². The Hall–Kier alpha value is -2.09. The van der Waals surface area contributed by atoms with Crippen molar-refractivity contribution < 1.29 is 14.3 Å². The minimum Gasteiger partial charge on any atom is -0.497 e. The van der Waals surface area contributed by atoms with Gasteiger partial charge in [0.2, 0.25) is 0 Å². The molecule has 24 heavy (non-hydrogen) atoms. The lowest BCUT2D eigenvalue weighted by atomic mass is 10.1. The molecule has 0 aliphatic rings. The van der Waals surface area contributed by atoms with E-state index in [0.717, 1.165) is 5.56 Å². The van der Waals surface area contributed by atoms with Gasteiger partial charge in [0.1, 0.15) is 16.4 Å². The highest BCUT2D eigenvalue weighted by atomic mass is 35.5. The minimum atomic E-state index is -0.266. The van der Waals surface area contributed by atoms with Crippen LogP contribution in [0.3, 0.4) is 0 Å². The Morgan fingerprint density at radius 3 is 2.71 bits per heavy atom. The minimum absolute atomic E-state index is 0.266. The summed E-state index contributed by atoms with van der Waals surface area (Å²) < 4.78 is 10.6. The second-order valence-electron chi connectivity index (χ2n) is 4.66. The average molecular weight is 381 g/mol. The van der Waals surface area contributed by atoms with E-state index in [1.165, 1.54) is 22.7 Å². The molecule has 0 radical (unpaired) electrons. The Morgan fingerprint density at radius 2 is 2.04 bits per heavy atom. The van der Waals surface area contributed by atoms with Gasteiger partial charge in [-0.2, -0.15) is 0 Å². The number of amides is 1. The fraction of sp³-hybridized carbons (Fsp3) is 0.125. The molecule has 0 aliphatic carbocycles. The van der Waals surface area contributed by atoms with Crippen LogP contribution in [0.5, 0.6) is 11.5 Å². The fourth-order valence-corrected chi connectivity index (χ4v) is 3.82. The molecule has 0 spiro atoms. The Labute approximate surface area is 151 Å². The molecule has 1 aromatic carbocycles. The van der Waals surface area contributed by atoms with Crippen LogP contribution in [-0.2, 0) is 0 Å². The molecule has 0 fully saturated rings. The van der Waals surface area contributed by atoms with E-state index in [4.69, 9.17) is 21.1 Å². The van der Waals surface area contributed by atoms with E-state index in [0.29, 0.717) is 32.2 Å². The summed E-state index contributed by atoms with van der Waals surface area (Å²) in [4.78, 5) is 17.1. The van der Waals surface area contributed by atoms with Gasteiger partial charge in [-0.3, -0.25) is 10.1 Å². The monoisotopic (exact) mass is 380 g/mol. The number of methoxy groups -OCH3 is 2. The van der Waals surface area contributed by atoms with Gasteiger partial charge in [0.15, 0.2) is 5.13 Å². The van der Waals surface area contributed by atoms with Gasteiger partial charge in [-0.25, -0.2) is 4.98 Å². The van der Waals surface area contributed by atoms with Crippen molar-refractivity contribution in [2.24, 2.45) is 0 Å². The normalized spacial score (nSPS) is 10.5. The number of hydrogen-bond acceptors (Lipinski definition) is 6. The third kappa shape index (κ3) is 3.38. The number of carbonyl (C=O) groups is 1. The first kappa shape index (κ1) is 16.8. The molecule has 2 heterocycles. The van der Waals surface area contributed by atoms with Gasteiger partial charge < -0.3 is 9.47 Å². The van der Waals surface area contributed by atoms with Gasteiger partial charge in [-0.1, -0.05) is 11.6 Å². The third-order valence-corrected chi connectivity index (χ3v) is 5.33. The highest BCUT2D eigenvalue weighted by Gasteiger charge is 2.15. The molecule has 1 N–H and O–H groups in total. The molecule has 0 aliphatic heterocycles. The lowest BCUT2D eigenvalue weighted by molar-refractivity contribution is 0.103. The van der Waals surface area contributed by atoms with Gasteiger partial charge in [-0.05, 0) is 23.6 Å². The van der Waals surface area contributed by atoms with Crippen molar-refractivity contribution >= 4 is 45.3 Å². The van der Waals surface area contributed by atoms with Crippen molar-refractivity contribution in [1.82, 2.24) is 4.98 Å². The van der Waals surface area contributed by atoms with Crippen molar-refractivity contribution in [3.05, 3.63) is 44.9 Å². The quantitative estimate of drug-likeness (QED) is 0.691. The van der Waals surface area contributed by atoms with Crippen LogP contribution in [0, 0.1) is 0 Å². The number of halogens is 1. The van der Waals surface area contributed by atoms with Crippen LogP contribution < -0.4 is 14.8 Å².